The fraction of sp³-hybridized carbons (Fsp3) is 0. The van der Waals surface area contributed by atoms with Gasteiger partial charge in [0, 0.05) is 10.9 Å². The van der Waals surface area contributed by atoms with Gasteiger partial charge in [0.15, 0.2) is 0 Å². The molecule has 0 aliphatic carbocycles. The van der Waals surface area contributed by atoms with Crippen LogP contribution in [0.15, 0.2) is 41.9 Å². The molecule has 2 aromatic carbocycles. The molecule has 15 heavy (non-hydrogen) atoms. The fourth-order valence-electron chi connectivity index (χ4n) is 1.67. The topological polar surface area (TPSA) is 12.4 Å². The highest BCUT2D eigenvalue weighted by atomic mass is 35.5. The van der Waals surface area contributed by atoms with Crippen LogP contribution < -0.4 is 0 Å². The maximum absolute atomic E-state index is 6.15. The van der Waals surface area contributed by atoms with Crippen molar-refractivity contribution < 1.29 is 0 Å². The van der Waals surface area contributed by atoms with Gasteiger partial charge in [0.05, 0.1) is 10.7 Å². The molecule has 2 aromatic rings. The number of fused-ring (bicyclic) bond motifs is 1. The van der Waals surface area contributed by atoms with E-state index < -0.39 is 0 Å². The van der Waals surface area contributed by atoms with Gasteiger partial charge in [0.1, 0.15) is 0 Å². The van der Waals surface area contributed by atoms with E-state index in [1.807, 2.05) is 30.3 Å². The van der Waals surface area contributed by atoms with Crippen LogP contribution in [0.4, 0.5) is 5.69 Å². The third-order valence-corrected chi connectivity index (χ3v) is 2.69. The largest absolute Gasteiger partial charge is 0.263 e. The van der Waals surface area contributed by atoms with E-state index in [0.717, 1.165) is 22.0 Å². The highest BCUT2D eigenvalue weighted by molar-refractivity contribution is 6.36. The molecule has 0 N–H and O–H groups in total. The van der Waals surface area contributed by atoms with Crippen LogP contribution in [0.25, 0.3) is 16.8 Å². The van der Waals surface area contributed by atoms with Crippen molar-refractivity contribution in [2.24, 2.45) is 4.99 Å². The SMILES string of the molecule is C=Cc1ccc2cccc(Cl)c2c1N=C. The van der Waals surface area contributed by atoms with E-state index in [9.17, 15) is 0 Å². The molecule has 0 heterocycles. The molecule has 0 spiro atoms. The van der Waals surface area contributed by atoms with E-state index in [0.29, 0.717) is 5.02 Å². The highest BCUT2D eigenvalue weighted by Crippen LogP contribution is 2.35. The summed E-state index contributed by atoms with van der Waals surface area (Å²) >= 11 is 6.15. The molecule has 0 radical (unpaired) electrons. The van der Waals surface area contributed by atoms with Gasteiger partial charge in [-0.3, -0.25) is 4.99 Å². The molecule has 0 saturated carbocycles. The summed E-state index contributed by atoms with van der Waals surface area (Å²) < 4.78 is 0. The molecule has 0 aliphatic rings. The van der Waals surface area contributed by atoms with Crippen LogP contribution >= 0.6 is 11.6 Å². The van der Waals surface area contributed by atoms with E-state index in [2.05, 4.69) is 18.3 Å². The molecule has 0 atom stereocenters. The van der Waals surface area contributed by atoms with E-state index >= 15 is 0 Å². The molecule has 1 nitrogen and oxygen atoms in total. The molecule has 0 aliphatic heterocycles. The molecule has 0 amide bonds. The minimum atomic E-state index is 0.693. The Hall–Kier alpha value is -1.60. The summed E-state index contributed by atoms with van der Waals surface area (Å²) in [5.41, 5.74) is 1.75. The average molecular weight is 216 g/mol. The Morgan fingerprint density at radius 1 is 1.20 bits per heavy atom. The Morgan fingerprint density at radius 2 is 2.00 bits per heavy atom. The van der Waals surface area contributed by atoms with Crippen molar-refractivity contribution >= 4 is 40.9 Å². The molecule has 2 rings (SSSR count). The Kier molecular flexibility index (Phi) is 2.57. The van der Waals surface area contributed by atoms with Gasteiger partial charge < -0.3 is 0 Å². The Labute approximate surface area is 93.7 Å². The predicted molar refractivity (Wildman–Crippen MR) is 68.3 cm³/mol. The summed E-state index contributed by atoms with van der Waals surface area (Å²) in [5, 5.41) is 2.70. The zero-order valence-electron chi connectivity index (χ0n) is 8.20. The molecule has 0 saturated heterocycles. The predicted octanol–water partition coefficient (Wildman–Crippen LogP) is 4.47. The molecular weight excluding hydrogens is 206 g/mol. The van der Waals surface area contributed by atoms with Crippen molar-refractivity contribution in [2.45, 2.75) is 0 Å². The van der Waals surface area contributed by atoms with Crippen molar-refractivity contribution in [3.05, 3.63) is 47.5 Å². The molecule has 0 bridgehead atoms. The van der Waals surface area contributed by atoms with Crippen LogP contribution in [0.3, 0.4) is 0 Å². The van der Waals surface area contributed by atoms with E-state index in [1.54, 1.807) is 6.08 Å². The lowest BCUT2D eigenvalue weighted by Crippen LogP contribution is -1.80. The lowest BCUT2D eigenvalue weighted by Gasteiger charge is -2.07. The first kappa shape index (κ1) is 9.94. The van der Waals surface area contributed by atoms with Crippen molar-refractivity contribution in [3.8, 4) is 0 Å². The summed E-state index contributed by atoms with van der Waals surface area (Å²) in [6.45, 7) is 7.32. The van der Waals surface area contributed by atoms with Gasteiger partial charge in [-0.05, 0) is 18.2 Å². The molecule has 0 fully saturated rings. The first-order valence-corrected chi connectivity index (χ1v) is 4.96. The Morgan fingerprint density at radius 3 is 2.67 bits per heavy atom. The number of benzene rings is 2. The van der Waals surface area contributed by atoms with Crippen LogP contribution in [0, 0.1) is 0 Å². The van der Waals surface area contributed by atoms with Gasteiger partial charge in [0.25, 0.3) is 0 Å². The average Bonchev–Trinajstić information content (AvgIpc) is 2.28. The lowest BCUT2D eigenvalue weighted by atomic mass is 10.0. The van der Waals surface area contributed by atoms with Gasteiger partial charge in [0.2, 0.25) is 0 Å². The van der Waals surface area contributed by atoms with Crippen LogP contribution in [0.2, 0.25) is 5.02 Å². The molecule has 0 aromatic heterocycles. The second-order valence-corrected chi connectivity index (χ2v) is 3.61. The second kappa shape index (κ2) is 3.87. The third kappa shape index (κ3) is 1.55. The van der Waals surface area contributed by atoms with Crippen molar-refractivity contribution in [2.75, 3.05) is 0 Å². The van der Waals surface area contributed by atoms with Gasteiger partial charge in [-0.25, -0.2) is 0 Å². The summed E-state index contributed by atoms with van der Waals surface area (Å²) in [6.07, 6.45) is 1.76. The van der Waals surface area contributed by atoms with Gasteiger partial charge >= 0.3 is 0 Å². The van der Waals surface area contributed by atoms with E-state index in [4.69, 9.17) is 11.6 Å². The van der Waals surface area contributed by atoms with Crippen LogP contribution in [-0.4, -0.2) is 6.72 Å². The van der Waals surface area contributed by atoms with Crippen molar-refractivity contribution in [1.29, 1.82) is 0 Å². The minimum Gasteiger partial charge on any atom is -0.263 e. The minimum absolute atomic E-state index is 0.693. The van der Waals surface area contributed by atoms with Crippen molar-refractivity contribution in [1.82, 2.24) is 0 Å². The molecule has 74 valence electrons. The third-order valence-electron chi connectivity index (χ3n) is 2.38. The van der Waals surface area contributed by atoms with Crippen LogP contribution in [-0.2, 0) is 0 Å². The molecule has 2 heteroatoms. The van der Waals surface area contributed by atoms with E-state index in [1.165, 1.54) is 0 Å². The second-order valence-electron chi connectivity index (χ2n) is 3.20. The number of rotatable bonds is 2. The summed E-state index contributed by atoms with van der Waals surface area (Å²) in [6, 6.07) is 9.75. The monoisotopic (exact) mass is 215 g/mol. The van der Waals surface area contributed by atoms with Gasteiger partial charge in [-0.15, -0.1) is 0 Å². The fourth-order valence-corrected chi connectivity index (χ4v) is 1.94. The quantitative estimate of drug-likeness (QED) is 0.656. The van der Waals surface area contributed by atoms with Gasteiger partial charge in [-0.2, -0.15) is 0 Å². The first-order chi connectivity index (χ1) is 7.27. The normalized spacial score (nSPS) is 10.2. The first-order valence-electron chi connectivity index (χ1n) is 4.58. The van der Waals surface area contributed by atoms with E-state index in [-0.39, 0.29) is 0 Å². The maximum atomic E-state index is 6.15. The lowest BCUT2D eigenvalue weighted by molar-refractivity contribution is 1.57. The number of halogens is 1. The highest BCUT2D eigenvalue weighted by Gasteiger charge is 2.06. The standard InChI is InChI=1S/C13H10ClN/c1-3-9-7-8-10-5-4-6-11(14)12(10)13(9)15-2/h3-8H,1-2H2. The van der Waals surface area contributed by atoms with Crippen LogP contribution in [0.1, 0.15) is 5.56 Å². The summed E-state index contributed by atoms with van der Waals surface area (Å²) in [4.78, 5) is 4.02. The maximum Gasteiger partial charge on any atom is 0.0787 e. The number of hydrogen-bond acceptors (Lipinski definition) is 1. The van der Waals surface area contributed by atoms with Crippen molar-refractivity contribution in [3.63, 3.8) is 0 Å². The number of hydrogen-bond donors (Lipinski definition) is 0. The summed E-state index contributed by atoms with van der Waals surface area (Å²) in [7, 11) is 0. The number of nitrogens with zero attached hydrogens (tertiary/aromatic N) is 1. The molecular formula is C13H10ClN. The van der Waals surface area contributed by atoms with Gasteiger partial charge in [-0.1, -0.05) is 48.5 Å². The zero-order chi connectivity index (χ0) is 10.8. The smallest absolute Gasteiger partial charge is 0.0787 e. The Balaban J connectivity index is 2.97. The number of aliphatic imine (C=N–C) groups is 1. The van der Waals surface area contributed by atoms with Crippen LogP contribution in [0.5, 0.6) is 0 Å². The zero-order valence-corrected chi connectivity index (χ0v) is 8.96. The Bertz CT molecular complexity index is 543. The molecule has 0 unspecified atom stereocenters. The summed E-state index contributed by atoms with van der Waals surface area (Å²) in [5.74, 6) is 0.